The highest BCUT2D eigenvalue weighted by Crippen LogP contribution is 2.45. The van der Waals surface area contributed by atoms with E-state index in [9.17, 15) is 15.2 Å². The highest BCUT2D eigenvalue weighted by atomic mass is 16.5. The van der Waals surface area contributed by atoms with Gasteiger partial charge in [0.05, 0.1) is 36.9 Å². The van der Waals surface area contributed by atoms with Gasteiger partial charge in [-0.05, 0) is 42.4 Å². The van der Waals surface area contributed by atoms with Crippen LogP contribution in [0.25, 0.3) is 0 Å². The van der Waals surface area contributed by atoms with Gasteiger partial charge in [0.1, 0.15) is 11.9 Å². The van der Waals surface area contributed by atoms with Crippen molar-refractivity contribution < 1.29 is 14.6 Å². The molecule has 1 amide bonds. The van der Waals surface area contributed by atoms with Gasteiger partial charge in [0, 0.05) is 52.3 Å². The Morgan fingerprint density at radius 2 is 2.12 bits per heavy atom. The van der Waals surface area contributed by atoms with Gasteiger partial charge < -0.3 is 19.6 Å². The summed E-state index contributed by atoms with van der Waals surface area (Å²) in [5.74, 6) is 1.43. The van der Waals surface area contributed by atoms with Crippen molar-refractivity contribution >= 4 is 11.7 Å². The Morgan fingerprint density at radius 1 is 1.30 bits per heavy atom. The SMILES string of the molecule is COCCC(=O)N1CCN(c2nc(C3CC3)c3c(c2C#N)CCN(CCO)C3)C[C@H]1C1=CC1. The first kappa shape index (κ1) is 22.3. The number of aromatic nitrogens is 1. The molecule has 2 aliphatic carbocycles. The first-order valence-electron chi connectivity index (χ1n) is 12.2. The van der Waals surface area contributed by atoms with Crippen LogP contribution in [0.15, 0.2) is 11.6 Å². The number of amides is 1. The number of methoxy groups -OCH3 is 1. The van der Waals surface area contributed by atoms with Crippen LogP contribution in [0, 0.1) is 11.3 Å². The zero-order valence-corrected chi connectivity index (χ0v) is 19.4. The van der Waals surface area contributed by atoms with Crippen molar-refractivity contribution in [2.45, 2.75) is 50.6 Å². The molecular formula is C25H33N5O3. The summed E-state index contributed by atoms with van der Waals surface area (Å²) in [6, 6.07) is 2.54. The zero-order chi connectivity index (χ0) is 22.9. The van der Waals surface area contributed by atoms with Crippen molar-refractivity contribution in [3.05, 3.63) is 34.0 Å². The lowest BCUT2D eigenvalue weighted by Crippen LogP contribution is -2.55. The molecule has 1 saturated heterocycles. The van der Waals surface area contributed by atoms with E-state index in [2.05, 4.69) is 21.9 Å². The van der Waals surface area contributed by atoms with Crippen LogP contribution < -0.4 is 4.90 Å². The summed E-state index contributed by atoms with van der Waals surface area (Å²) >= 11 is 0. The zero-order valence-electron chi connectivity index (χ0n) is 19.4. The van der Waals surface area contributed by atoms with E-state index >= 15 is 0 Å². The Balaban J connectivity index is 1.45. The minimum atomic E-state index is 0.0527. The number of hydrogen-bond acceptors (Lipinski definition) is 7. The second kappa shape index (κ2) is 9.41. The van der Waals surface area contributed by atoms with Crippen LogP contribution in [0.4, 0.5) is 5.82 Å². The van der Waals surface area contributed by atoms with Gasteiger partial charge in [0.2, 0.25) is 5.91 Å². The minimum Gasteiger partial charge on any atom is -0.395 e. The molecular weight excluding hydrogens is 418 g/mol. The summed E-state index contributed by atoms with van der Waals surface area (Å²) in [5.41, 5.74) is 5.54. The molecule has 33 heavy (non-hydrogen) atoms. The number of aliphatic hydroxyl groups is 1. The molecule has 0 unspecified atom stereocenters. The highest BCUT2D eigenvalue weighted by molar-refractivity contribution is 5.78. The summed E-state index contributed by atoms with van der Waals surface area (Å²) in [6.45, 7) is 4.87. The van der Waals surface area contributed by atoms with Crippen LogP contribution in [0.3, 0.4) is 0 Å². The number of carbonyl (C=O) groups is 1. The van der Waals surface area contributed by atoms with Crippen molar-refractivity contribution in [2.24, 2.45) is 0 Å². The molecule has 3 heterocycles. The Morgan fingerprint density at radius 3 is 2.79 bits per heavy atom. The van der Waals surface area contributed by atoms with E-state index in [0.29, 0.717) is 50.7 Å². The largest absolute Gasteiger partial charge is 0.395 e. The van der Waals surface area contributed by atoms with Crippen molar-refractivity contribution in [3.8, 4) is 6.07 Å². The number of carbonyl (C=O) groups excluding carboxylic acids is 1. The van der Waals surface area contributed by atoms with Crippen LogP contribution in [0.5, 0.6) is 0 Å². The maximum atomic E-state index is 12.8. The molecule has 5 rings (SSSR count). The molecule has 8 nitrogen and oxygen atoms in total. The van der Waals surface area contributed by atoms with Gasteiger partial charge >= 0.3 is 0 Å². The fourth-order valence-electron chi connectivity index (χ4n) is 5.33. The van der Waals surface area contributed by atoms with E-state index < -0.39 is 0 Å². The number of nitriles is 1. The lowest BCUT2D eigenvalue weighted by atomic mass is 9.92. The molecule has 1 aromatic heterocycles. The van der Waals surface area contributed by atoms with Gasteiger partial charge in [0.25, 0.3) is 0 Å². The monoisotopic (exact) mass is 451 g/mol. The van der Waals surface area contributed by atoms with Gasteiger partial charge in [-0.25, -0.2) is 4.98 Å². The summed E-state index contributed by atoms with van der Waals surface area (Å²) in [4.78, 5) is 24.4. The maximum absolute atomic E-state index is 12.8. The Kier molecular flexibility index (Phi) is 6.37. The quantitative estimate of drug-likeness (QED) is 0.600. The molecule has 1 N–H and O–H groups in total. The van der Waals surface area contributed by atoms with Crippen LogP contribution in [-0.2, 0) is 22.5 Å². The average molecular weight is 452 g/mol. The third-order valence-electron chi connectivity index (χ3n) is 7.37. The number of hydrogen-bond donors (Lipinski definition) is 1. The summed E-state index contributed by atoms with van der Waals surface area (Å²) < 4.78 is 5.12. The molecule has 1 aromatic rings. The van der Waals surface area contributed by atoms with E-state index in [1.54, 1.807) is 7.11 Å². The summed E-state index contributed by atoms with van der Waals surface area (Å²) in [7, 11) is 1.62. The Hall–Kier alpha value is -2.47. The Labute approximate surface area is 195 Å². The third-order valence-corrected chi connectivity index (χ3v) is 7.37. The predicted molar refractivity (Wildman–Crippen MR) is 124 cm³/mol. The van der Waals surface area contributed by atoms with E-state index in [4.69, 9.17) is 9.72 Å². The van der Waals surface area contributed by atoms with Crippen molar-refractivity contribution in [1.29, 1.82) is 5.26 Å². The van der Waals surface area contributed by atoms with Gasteiger partial charge in [0.15, 0.2) is 0 Å². The van der Waals surface area contributed by atoms with Crippen molar-refractivity contribution in [2.75, 3.05) is 57.9 Å². The van der Waals surface area contributed by atoms with Crippen molar-refractivity contribution in [1.82, 2.24) is 14.8 Å². The van der Waals surface area contributed by atoms with Crippen LogP contribution >= 0.6 is 0 Å². The summed E-state index contributed by atoms with van der Waals surface area (Å²) in [6.07, 6.45) is 6.68. The second-order valence-corrected chi connectivity index (χ2v) is 9.56. The van der Waals surface area contributed by atoms with E-state index in [1.807, 2.05) is 4.90 Å². The molecule has 0 spiro atoms. The number of rotatable bonds is 8. The first-order chi connectivity index (χ1) is 16.1. The molecule has 4 aliphatic rings. The number of anilines is 1. The predicted octanol–water partition coefficient (Wildman–Crippen LogP) is 1.56. The smallest absolute Gasteiger partial charge is 0.225 e. The number of fused-ring (bicyclic) bond motifs is 1. The number of pyridine rings is 1. The molecule has 176 valence electrons. The maximum Gasteiger partial charge on any atom is 0.225 e. The molecule has 1 atom stereocenters. The number of nitrogens with zero attached hydrogens (tertiary/aromatic N) is 5. The number of β-amino-alcohol motifs (C(OH)–C–C–N with tert-alkyl or cyclic N) is 1. The minimum absolute atomic E-state index is 0.0527. The first-order valence-corrected chi connectivity index (χ1v) is 12.2. The second-order valence-electron chi connectivity index (χ2n) is 9.56. The average Bonchev–Trinajstić information content (AvgIpc) is 3.74. The molecule has 1 saturated carbocycles. The number of ether oxygens (including phenoxy) is 1. The van der Waals surface area contributed by atoms with E-state index in [0.717, 1.165) is 55.8 Å². The van der Waals surface area contributed by atoms with E-state index in [-0.39, 0.29) is 18.6 Å². The fraction of sp³-hybridized carbons (Fsp3) is 0.640. The highest BCUT2D eigenvalue weighted by Gasteiger charge is 2.38. The van der Waals surface area contributed by atoms with Crippen LogP contribution in [0.2, 0.25) is 0 Å². The lowest BCUT2D eigenvalue weighted by molar-refractivity contribution is -0.134. The molecule has 0 radical (unpaired) electrons. The summed E-state index contributed by atoms with van der Waals surface area (Å²) in [5, 5.41) is 19.6. The third kappa shape index (κ3) is 4.50. The number of aliphatic hydroxyl groups excluding tert-OH is 1. The standard InChI is InChI=1S/C25H33N5O3/c1-33-13-7-23(32)30-10-9-29(16-22(30)17-2-3-17)25-20(14-26)19-6-8-28(11-12-31)15-21(19)24(27-25)18-4-5-18/h2,18,22,31H,3-13,15-16H2,1H3/t22-/m0/s1. The van der Waals surface area contributed by atoms with Crippen LogP contribution in [0.1, 0.15) is 54.0 Å². The Bertz CT molecular complexity index is 997. The van der Waals surface area contributed by atoms with Gasteiger partial charge in [-0.2, -0.15) is 5.26 Å². The van der Waals surface area contributed by atoms with Gasteiger partial charge in [-0.3, -0.25) is 9.69 Å². The van der Waals surface area contributed by atoms with Gasteiger partial charge in [-0.15, -0.1) is 0 Å². The number of piperazine rings is 1. The lowest BCUT2D eigenvalue weighted by Gasteiger charge is -2.42. The van der Waals surface area contributed by atoms with E-state index in [1.165, 1.54) is 11.1 Å². The molecule has 0 aromatic carbocycles. The fourth-order valence-corrected chi connectivity index (χ4v) is 5.33. The normalized spacial score (nSPS) is 22.6. The topological polar surface area (TPSA) is 92.9 Å². The van der Waals surface area contributed by atoms with Gasteiger partial charge in [-0.1, -0.05) is 6.08 Å². The molecule has 2 fully saturated rings. The number of allylic oxidation sites excluding steroid dienone is 1. The van der Waals surface area contributed by atoms with Crippen molar-refractivity contribution in [3.63, 3.8) is 0 Å². The molecule has 8 heteroatoms. The molecule has 0 bridgehead atoms. The molecule has 2 aliphatic heterocycles. The van der Waals surface area contributed by atoms with Crippen LogP contribution in [-0.4, -0.2) is 84.9 Å².